The van der Waals surface area contributed by atoms with Gasteiger partial charge in [-0.3, -0.25) is 0 Å². The molecule has 0 aromatic carbocycles. The molecule has 0 nitrogen and oxygen atoms in total. The zero-order valence-corrected chi connectivity index (χ0v) is 53.9. The summed E-state index contributed by atoms with van der Waals surface area (Å²) >= 11 is 17.6. The van der Waals surface area contributed by atoms with Crippen molar-refractivity contribution in [3.63, 3.8) is 0 Å². The Morgan fingerprint density at radius 3 is 1.63 bits per heavy atom. The number of hydrogen-bond acceptors (Lipinski definition) is 0. The van der Waals surface area contributed by atoms with Gasteiger partial charge in [0, 0.05) is 0 Å². The summed E-state index contributed by atoms with van der Waals surface area (Å²) in [7, 11) is 0. The van der Waals surface area contributed by atoms with Gasteiger partial charge in [-0.25, -0.2) is 0 Å². The Bertz CT molecular complexity index is 675. The summed E-state index contributed by atoms with van der Waals surface area (Å²) in [6, 6.07) is 0. The molecule has 0 aliphatic carbocycles. The number of halogens is 16. The first-order chi connectivity index (χ1) is 16.3. The fraction of sp³-hybridized carbons (Fsp3) is 0.684. The fourth-order valence-corrected chi connectivity index (χ4v) is 339. The van der Waals surface area contributed by atoms with Gasteiger partial charge in [0.2, 0.25) is 0 Å². The van der Waals surface area contributed by atoms with Crippen molar-refractivity contribution in [2.75, 3.05) is 27.9 Å². The molecule has 0 spiro atoms. The topological polar surface area (TPSA) is 0 Å². The van der Waals surface area contributed by atoms with E-state index in [0.29, 0.717) is 0 Å². The van der Waals surface area contributed by atoms with Crippen LogP contribution < -0.4 is 0 Å². The van der Waals surface area contributed by atoms with Gasteiger partial charge in [0.25, 0.3) is 0 Å². The molecule has 0 rings (SSSR count). The van der Waals surface area contributed by atoms with Crippen molar-refractivity contribution in [3.05, 3.63) is 21.8 Å². The summed E-state index contributed by atoms with van der Waals surface area (Å²) in [5.74, 6) is 7.13. The molecule has 0 saturated heterocycles. The number of allylic oxidation sites excluding steroid dienone is 2. The van der Waals surface area contributed by atoms with Crippen LogP contribution in [0.3, 0.4) is 0 Å². The van der Waals surface area contributed by atoms with Crippen molar-refractivity contribution >= 4 is 276 Å². The minimum atomic E-state index is -0.933. The first-order valence-corrected chi connectivity index (χ1v) is 83.8. The minimum absolute atomic E-state index is 0.541. The SMILES string of the molecule is C=C(C)CI(I)CI(I)CC#CC(C)=CI(I)CI(I)CI(I)CI(I)CI(I)CI(I)CCC. The zero-order valence-electron chi connectivity index (χ0n) is 19.4. The van der Waals surface area contributed by atoms with Crippen LogP contribution in [0.2, 0.25) is 0 Å². The van der Waals surface area contributed by atoms with E-state index in [1.807, 2.05) is 0 Å². The summed E-state index contributed by atoms with van der Waals surface area (Å²) in [6.45, 7) is 11.0. The van der Waals surface area contributed by atoms with E-state index >= 15 is 0 Å². The molecular formula is C19H32I16. The molecule has 0 radical (unpaired) electrons. The van der Waals surface area contributed by atoms with Crippen molar-refractivity contribution in [1.82, 2.24) is 0 Å². The summed E-state index contributed by atoms with van der Waals surface area (Å²) in [4.78, 5) is 0. The molecule has 0 fully saturated rings. The van der Waals surface area contributed by atoms with Crippen LogP contribution in [-0.4, -0.2) is 27.9 Å². The van der Waals surface area contributed by atoms with Crippen molar-refractivity contribution < 1.29 is 0 Å². The molecule has 0 aliphatic heterocycles. The van der Waals surface area contributed by atoms with Gasteiger partial charge in [-0.1, -0.05) is 0 Å². The monoisotopic (exact) mass is 2290 g/mol. The molecule has 0 aromatic heterocycles. The number of alkyl halides is 15. The Kier molecular flexibility index (Phi) is 38.7. The van der Waals surface area contributed by atoms with E-state index in [1.54, 1.807) is 19.0 Å². The average Bonchev–Trinajstić information content (AvgIpc) is 2.66. The number of hydrogen-bond donors (Lipinski definition) is 0. The van der Waals surface area contributed by atoms with Crippen LogP contribution in [-0.2, 0) is 0 Å². The van der Waals surface area contributed by atoms with Crippen LogP contribution in [0.1, 0.15) is 27.2 Å². The summed E-state index contributed by atoms with van der Waals surface area (Å²) < 4.78 is 17.0. The Labute approximate surface area is 351 Å². The molecular weight excluding hydrogens is 2260 g/mol. The van der Waals surface area contributed by atoms with E-state index in [9.17, 15) is 0 Å². The first-order valence-electron chi connectivity index (χ1n) is 9.43. The molecule has 0 aromatic rings. The van der Waals surface area contributed by atoms with Crippen LogP contribution in [0.15, 0.2) is 21.8 Å². The van der Waals surface area contributed by atoms with Crippen molar-refractivity contribution in [3.8, 4) is 11.8 Å². The quantitative estimate of drug-likeness (QED) is 0.0555. The van der Waals surface area contributed by atoms with Crippen LogP contribution in [0, 0.1) is 11.8 Å². The van der Waals surface area contributed by atoms with Gasteiger partial charge in [0.15, 0.2) is 0 Å². The number of rotatable bonds is 18. The van der Waals surface area contributed by atoms with Gasteiger partial charge in [-0.2, -0.15) is 0 Å². The zero-order chi connectivity index (χ0) is 27.0. The molecule has 220 valence electrons. The van der Waals surface area contributed by atoms with Gasteiger partial charge in [-0.15, -0.1) is 0 Å². The third kappa shape index (κ3) is 30.5. The Hall–Kier alpha value is 10.7. The molecule has 0 N–H and O–H groups in total. The molecule has 0 saturated carbocycles. The van der Waals surface area contributed by atoms with Gasteiger partial charge >= 0.3 is 364 Å². The van der Waals surface area contributed by atoms with E-state index in [-0.39, 0.29) is 0 Å². The molecule has 0 aliphatic rings. The van der Waals surface area contributed by atoms with E-state index in [4.69, 9.17) is 0 Å². The van der Waals surface area contributed by atoms with Crippen LogP contribution >= 0.6 is 276 Å². The third-order valence-corrected chi connectivity index (χ3v) is 193. The van der Waals surface area contributed by atoms with E-state index < -0.39 is 127 Å². The second kappa shape index (κ2) is 29.6. The predicted octanol–water partition coefficient (Wildman–Crippen LogP) is 17.5. The van der Waals surface area contributed by atoms with Gasteiger partial charge in [-0.05, 0) is 0 Å². The Morgan fingerprint density at radius 1 is 0.686 bits per heavy atom. The van der Waals surface area contributed by atoms with Gasteiger partial charge in [0.1, 0.15) is 0 Å². The standard InChI is InChI=1S/C19H32I16/c1-5-8-28(20)13-32(24)15-34(26)17-35(27)16-33(25)14-31(23)11-19(4)7-6-9-29(21)12-30(22)10-18(2)3/h11H,2,5,8-10,12-17H2,1,3-4H3. The average molecular weight is 2290 g/mol. The van der Waals surface area contributed by atoms with Crippen molar-refractivity contribution in [2.45, 2.75) is 27.2 Å². The molecule has 0 unspecified atom stereocenters. The van der Waals surface area contributed by atoms with Gasteiger partial charge < -0.3 is 0 Å². The fourth-order valence-electron chi connectivity index (χ4n) is 1.86. The third-order valence-electron chi connectivity index (χ3n) is 2.85. The molecule has 0 heterocycles. The second-order valence-corrected chi connectivity index (χ2v) is 115. The van der Waals surface area contributed by atoms with E-state index in [2.05, 4.69) is 192 Å². The molecule has 0 bridgehead atoms. The van der Waals surface area contributed by atoms with Crippen LogP contribution in [0.25, 0.3) is 0 Å². The summed E-state index contributed by atoms with van der Waals surface area (Å²) in [6.07, 6.45) is 1.44. The molecule has 0 atom stereocenters. The van der Waals surface area contributed by atoms with E-state index in [1.165, 1.54) is 26.4 Å². The normalized spacial score (nSPS) is 14.9. The maximum absolute atomic E-state index is 4.11. The van der Waals surface area contributed by atoms with Gasteiger partial charge in [0.05, 0.1) is 0 Å². The molecule has 35 heavy (non-hydrogen) atoms. The van der Waals surface area contributed by atoms with Crippen molar-refractivity contribution in [2.24, 2.45) is 0 Å². The van der Waals surface area contributed by atoms with Crippen LogP contribution in [0.4, 0.5) is 0 Å². The molecule has 0 amide bonds. The Morgan fingerprint density at radius 2 is 1.14 bits per heavy atom. The Balaban J connectivity index is 4.38. The van der Waals surface area contributed by atoms with Crippen molar-refractivity contribution in [1.29, 1.82) is 0 Å². The molecule has 16 heteroatoms. The summed E-state index contributed by atoms with van der Waals surface area (Å²) in [5, 5.41) is 0. The second-order valence-electron chi connectivity index (χ2n) is 6.69. The summed E-state index contributed by atoms with van der Waals surface area (Å²) in [5.41, 5.74) is 2.78. The predicted molar refractivity (Wildman–Crippen MR) is 315 cm³/mol. The van der Waals surface area contributed by atoms with E-state index in [0.717, 1.165) is 0 Å². The maximum atomic E-state index is 4.11. The van der Waals surface area contributed by atoms with Crippen LogP contribution in [0.5, 0.6) is 0 Å². The first kappa shape index (κ1) is 45.7.